The lowest BCUT2D eigenvalue weighted by molar-refractivity contribution is -0.253. The fraction of sp³-hybridized carbons (Fsp3) is 0.167. The molecule has 1 aromatic carbocycles. The zero-order valence-electron chi connectivity index (χ0n) is 10.4. The van der Waals surface area contributed by atoms with E-state index in [0.717, 1.165) is 23.0 Å². The fourth-order valence-electron chi connectivity index (χ4n) is 1.48. The van der Waals surface area contributed by atoms with Gasteiger partial charge in [0, 0.05) is 6.07 Å². The van der Waals surface area contributed by atoms with Gasteiger partial charge in [-0.2, -0.15) is 27.3 Å². The van der Waals surface area contributed by atoms with E-state index in [1.165, 1.54) is 12.1 Å². The van der Waals surface area contributed by atoms with Gasteiger partial charge in [0.05, 0.1) is 16.9 Å². The topological polar surface area (TPSA) is 44.1 Å². The van der Waals surface area contributed by atoms with Crippen LogP contribution < -0.4 is 10.3 Å². The molecule has 2 aromatic rings. The summed E-state index contributed by atoms with van der Waals surface area (Å²) in [5.41, 5.74) is -0.807. The maximum absolute atomic E-state index is 12.9. The van der Waals surface area contributed by atoms with Crippen LogP contribution in [0.5, 0.6) is 5.75 Å². The van der Waals surface area contributed by atoms with E-state index in [1.54, 1.807) is 0 Å². The molecule has 0 atom stereocenters. The summed E-state index contributed by atoms with van der Waals surface area (Å²) in [6.07, 6.45) is -7.58. The Balaban J connectivity index is 2.42. The highest BCUT2D eigenvalue weighted by Gasteiger charge is 2.44. The number of halogens is 6. The maximum Gasteiger partial charge on any atom is 0.461 e. The molecule has 0 aliphatic rings. The predicted molar refractivity (Wildman–Crippen MR) is 71.4 cm³/mol. The molecular weight excluding hydrogens is 351 g/mol. The van der Waals surface area contributed by atoms with Crippen molar-refractivity contribution in [3.8, 4) is 11.4 Å². The Kier molecular flexibility index (Phi) is 4.62. The van der Waals surface area contributed by atoms with E-state index < -0.39 is 23.8 Å². The molecule has 0 spiro atoms. The van der Waals surface area contributed by atoms with E-state index in [0.29, 0.717) is 0 Å². The minimum absolute atomic E-state index is 0.00821. The highest BCUT2D eigenvalue weighted by Crippen LogP contribution is 2.28. The largest absolute Gasteiger partial charge is 0.461 e. The number of nitrogens with zero attached hydrogens (tertiary/aromatic N) is 2. The van der Waals surface area contributed by atoms with Crippen molar-refractivity contribution in [3.05, 3.63) is 50.9 Å². The van der Waals surface area contributed by atoms with Crippen molar-refractivity contribution in [2.24, 2.45) is 0 Å². The van der Waals surface area contributed by atoms with Gasteiger partial charge in [-0.3, -0.25) is 4.79 Å². The van der Waals surface area contributed by atoms with Crippen LogP contribution in [0.25, 0.3) is 5.69 Å². The van der Waals surface area contributed by atoms with Crippen LogP contribution in [0.3, 0.4) is 0 Å². The summed E-state index contributed by atoms with van der Waals surface area (Å²) in [7, 11) is 0. The fourth-order valence-corrected chi connectivity index (χ4v) is 1.73. The number of alkyl halides is 4. The zero-order chi connectivity index (χ0) is 16.5. The molecule has 0 bridgehead atoms. The number of hydrogen-bond acceptors (Lipinski definition) is 3. The molecule has 10 heteroatoms. The average Bonchev–Trinajstić information content (AvgIpc) is 2.44. The van der Waals surface area contributed by atoms with E-state index in [4.69, 9.17) is 23.2 Å². The van der Waals surface area contributed by atoms with Gasteiger partial charge in [-0.1, -0.05) is 29.3 Å². The van der Waals surface area contributed by atoms with Gasteiger partial charge >= 0.3 is 12.5 Å². The molecule has 0 radical (unpaired) electrons. The third-order valence-electron chi connectivity index (χ3n) is 2.45. The molecule has 0 saturated heterocycles. The van der Waals surface area contributed by atoms with Crippen LogP contribution in [-0.4, -0.2) is 22.3 Å². The Bertz CT molecular complexity index is 752. The molecule has 2 rings (SSSR count). The van der Waals surface area contributed by atoms with Crippen LogP contribution >= 0.6 is 23.2 Å². The standard InChI is InChI=1S/C12H6Cl2F4N2O2/c13-8-5-19-20(10(21)9(8)14)6-2-1-3-7(4-6)22-12(17,18)11(15)16/h1-5,11H. The molecule has 0 unspecified atom stereocenters. The lowest BCUT2D eigenvalue weighted by Gasteiger charge is -2.17. The smallest absolute Gasteiger partial charge is 0.428 e. The monoisotopic (exact) mass is 356 g/mol. The van der Waals surface area contributed by atoms with Gasteiger partial charge < -0.3 is 4.74 Å². The Labute approximate surface area is 130 Å². The van der Waals surface area contributed by atoms with Crippen LogP contribution in [0.2, 0.25) is 10.0 Å². The number of aromatic nitrogens is 2. The van der Waals surface area contributed by atoms with Gasteiger partial charge in [0.1, 0.15) is 10.8 Å². The molecule has 0 amide bonds. The van der Waals surface area contributed by atoms with Crippen molar-refractivity contribution in [1.82, 2.24) is 9.78 Å². The predicted octanol–water partition coefficient (Wildman–Crippen LogP) is 3.78. The summed E-state index contributed by atoms with van der Waals surface area (Å²) in [6.45, 7) is 0. The summed E-state index contributed by atoms with van der Waals surface area (Å²) in [5, 5.41) is 3.28. The molecule has 118 valence electrons. The Morgan fingerprint density at radius 3 is 2.59 bits per heavy atom. The maximum atomic E-state index is 12.9. The van der Waals surface area contributed by atoms with Crippen molar-refractivity contribution in [1.29, 1.82) is 0 Å². The van der Waals surface area contributed by atoms with Gasteiger partial charge in [0.2, 0.25) is 0 Å². The molecule has 0 aliphatic carbocycles. The van der Waals surface area contributed by atoms with Gasteiger partial charge in [-0.15, -0.1) is 0 Å². The molecule has 0 saturated carbocycles. The summed E-state index contributed by atoms with van der Waals surface area (Å²) in [6, 6.07) is 4.52. The van der Waals surface area contributed by atoms with Crippen LogP contribution in [0.15, 0.2) is 35.3 Å². The van der Waals surface area contributed by atoms with Crippen molar-refractivity contribution in [2.45, 2.75) is 12.5 Å². The molecule has 0 fully saturated rings. The molecule has 1 aromatic heterocycles. The zero-order valence-corrected chi connectivity index (χ0v) is 12.0. The number of ether oxygens (including phenoxy) is 1. The lowest BCUT2D eigenvalue weighted by atomic mass is 10.3. The summed E-state index contributed by atoms with van der Waals surface area (Å²) >= 11 is 11.3. The van der Waals surface area contributed by atoms with Crippen molar-refractivity contribution < 1.29 is 22.3 Å². The van der Waals surface area contributed by atoms with Crippen molar-refractivity contribution in [2.75, 3.05) is 0 Å². The Morgan fingerprint density at radius 2 is 1.95 bits per heavy atom. The lowest BCUT2D eigenvalue weighted by Crippen LogP contribution is -2.33. The number of hydrogen-bond donors (Lipinski definition) is 0. The first-order valence-electron chi connectivity index (χ1n) is 5.61. The van der Waals surface area contributed by atoms with E-state index in [-0.39, 0.29) is 15.7 Å². The summed E-state index contributed by atoms with van der Waals surface area (Å²) < 4.78 is 54.7. The average molecular weight is 357 g/mol. The summed E-state index contributed by atoms with van der Waals surface area (Å²) in [4.78, 5) is 11.9. The van der Waals surface area contributed by atoms with Gasteiger partial charge in [-0.25, -0.2) is 0 Å². The van der Waals surface area contributed by atoms with Gasteiger partial charge in [0.25, 0.3) is 5.56 Å². The highest BCUT2D eigenvalue weighted by atomic mass is 35.5. The third kappa shape index (κ3) is 3.33. The van der Waals surface area contributed by atoms with Crippen LogP contribution in [0.1, 0.15) is 0 Å². The molecule has 0 aliphatic heterocycles. The summed E-state index contributed by atoms with van der Waals surface area (Å²) in [5.74, 6) is -0.567. The minimum atomic E-state index is -4.66. The highest BCUT2D eigenvalue weighted by molar-refractivity contribution is 6.41. The second-order valence-electron chi connectivity index (χ2n) is 3.99. The second kappa shape index (κ2) is 6.13. The number of benzene rings is 1. The molecule has 1 heterocycles. The van der Waals surface area contributed by atoms with E-state index >= 15 is 0 Å². The Morgan fingerprint density at radius 1 is 1.27 bits per heavy atom. The molecule has 4 nitrogen and oxygen atoms in total. The molecular formula is C12H6Cl2F4N2O2. The van der Waals surface area contributed by atoms with Crippen molar-refractivity contribution >= 4 is 23.2 Å². The number of rotatable bonds is 4. The SMILES string of the molecule is O=c1c(Cl)c(Cl)cnn1-c1cccc(OC(F)(F)C(F)F)c1. The van der Waals surface area contributed by atoms with Crippen LogP contribution in [0.4, 0.5) is 17.6 Å². The van der Waals surface area contributed by atoms with Crippen LogP contribution in [0, 0.1) is 0 Å². The van der Waals surface area contributed by atoms with E-state index in [1.807, 2.05) is 0 Å². The minimum Gasteiger partial charge on any atom is -0.428 e. The van der Waals surface area contributed by atoms with Gasteiger partial charge in [0.15, 0.2) is 0 Å². The quantitative estimate of drug-likeness (QED) is 0.783. The van der Waals surface area contributed by atoms with Crippen molar-refractivity contribution in [3.63, 3.8) is 0 Å². The normalized spacial score (nSPS) is 11.8. The third-order valence-corrected chi connectivity index (χ3v) is 3.20. The first-order chi connectivity index (χ1) is 10.2. The van der Waals surface area contributed by atoms with E-state index in [2.05, 4.69) is 9.84 Å². The first kappa shape index (κ1) is 16.6. The first-order valence-corrected chi connectivity index (χ1v) is 6.36. The molecule has 22 heavy (non-hydrogen) atoms. The molecule has 0 N–H and O–H groups in total. The Hall–Kier alpha value is -1.80. The van der Waals surface area contributed by atoms with E-state index in [9.17, 15) is 22.4 Å². The van der Waals surface area contributed by atoms with Crippen LogP contribution in [-0.2, 0) is 0 Å². The second-order valence-corrected chi connectivity index (χ2v) is 4.77. The van der Waals surface area contributed by atoms with Gasteiger partial charge in [-0.05, 0) is 12.1 Å².